The SMILES string of the molecule is CC(=O)N1CCc2c(c(N3CC[C@@H](C(=O)O)c4cc(C)c(F)cc43)nn2C2CCOCC2)C1. The van der Waals surface area contributed by atoms with Gasteiger partial charge >= 0.3 is 5.97 Å². The Labute approximate surface area is 191 Å². The molecule has 1 atom stereocenters. The number of benzene rings is 1. The molecule has 3 aliphatic rings. The van der Waals surface area contributed by atoms with Gasteiger partial charge in [0, 0.05) is 56.6 Å². The molecule has 1 fully saturated rings. The molecule has 0 aliphatic carbocycles. The van der Waals surface area contributed by atoms with Gasteiger partial charge in [0.1, 0.15) is 5.82 Å². The zero-order valence-corrected chi connectivity index (χ0v) is 19.0. The molecule has 1 N–H and O–H groups in total. The number of fused-ring (bicyclic) bond motifs is 2. The third-order valence-electron chi connectivity index (χ3n) is 7.22. The second-order valence-corrected chi connectivity index (χ2v) is 9.22. The summed E-state index contributed by atoms with van der Waals surface area (Å²) < 4.78 is 22.3. The average Bonchev–Trinajstić information content (AvgIpc) is 3.18. The predicted molar refractivity (Wildman–Crippen MR) is 119 cm³/mol. The number of rotatable bonds is 3. The van der Waals surface area contributed by atoms with Gasteiger partial charge in [-0.05, 0) is 43.4 Å². The monoisotopic (exact) mass is 456 g/mol. The highest BCUT2D eigenvalue weighted by molar-refractivity contribution is 5.83. The van der Waals surface area contributed by atoms with Crippen LogP contribution >= 0.6 is 0 Å². The van der Waals surface area contributed by atoms with Crippen molar-refractivity contribution in [3.63, 3.8) is 0 Å². The first-order valence-electron chi connectivity index (χ1n) is 11.6. The lowest BCUT2D eigenvalue weighted by Crippen LogP contribution is -2.36. The van der Waals surface area contributed by atoms with Gasteiger partial charge in [-0.2, -0.15) is 5.10 Å². The molecule has 5 rings (SSSR count). The average molecular weight is 457 g/mol. The maximum absolute atomic E-state index is 14.7. The molecule has 0 unspecified atom stereocenters. The Morgan fingerprint density at radius 3 is 2.64 bits per heavy atom. The Morgan fingerprint density at radius 1 is 1.18 bits per heavy atom. The van der Waals surface area contributed by atoms with E-state index in [1.54, 1.807) is 19.9 Å². The smallest absolute Gasteiger partial charge is 0.311 e. The number of amides is 1. The summed E-state index contributed by atoms with van der Waals surface area (Å²) in [5.41, 5.74) is 3.68. The van der Waals surface area contributed by atoms with Crippen LogP contribution in [0.5, 0.6) is 0 Å². The van der Waals surface area contributed by atoms with Crippen LogP contribution in [0.2, 0.25) is 0 Å². The number of hydrogen-bond acceptors (Lipinski definition) is 5. The third-order valence-corrected chi connectivity index (χ3v) is 7.22. The normalized spacial score (nSPS) is 21.0. The van der Waals surface area contributed by atoms with E-state index in [0.717, 1.165) is 24.1 Å². The van der Waals surface area contributed by atoms with Gasteiger partial charge in [0.2, 0.25) is 5.91 Å². The van der Waals surface area contributed by atoms with Crippen LogP contribution in [0.3, 0.4) is 0 Å². The van der Waals surface area contributed by atoms with Crippen LogP contribution < -0.4 is 4.90 Å². The van der Waals surface area contributed by atoms with Crippen molar-refractivity contribution < 1.29 is 23.8 Å². The van der Waals surface area contributed by atoms with Crippen molar-refractivity contribution in [3.05, 3.63) is 40.3 Å². The van der Waals surface area contributed by atoms with Crippen LogP contribution in [0, 0.1) is 12.7 Å². The van der Waals surface area contributed by atoms with Crippen LogP contribution in [-0.4, -0.2) is 58.0 Å². The molecule has 1 aromatic carbocycles. The van der Waals surface area contributed by atoms with Crippen molar-refractivity contribution in [3.8, 4) is 0 Å². The van der Waals surface area contributed by atoms with E-state index in [0.29, 0.717) is 68.3 Å². The lowest BCUT2D eigenvalue weighted by Gasteiger charge is -2.35. The molecule has 8 nitrogen and oxygen atoms in total. The van der Waals surface area contributed by atoms with Crippen LogP contribution in [0.25, 0.3) is 0 Å². The highest BCUT2D eigenvalue weighted by Crippen LogP contribution is 2.43. The highest BCUT2D eigenvalue weighted by Gasteiger charge is 2.37. The molecular formula is C24H29FN4O4. The van der Waals surface area contributed by atoms with E-state index in [2.05, 4.69) is 4.68 Å². The first kappa shape index (κ1) is 21.9. The van der Waals surface area contributed by atoms with Crippen molar-refractivity contribution in [1.29, 1.82) is 0 Å². The van der Waals surface area contributed by atoms with E-state index in [1.807, 2.05) is 9.80 Å². The summed E-state index contributed by atoms with van der Waals surface area (Å²) in [5, 5.41) is 14.8. The summed E-state index contributed by atoms with van der Waals surface area (Å²) >= 11 is 0. The van der Waals surface area contributed by atoms with Gasteiger partial charge in [-0.15, -0.1) is 0 Å². The summed E-state index contributed by atoms with van der Waals surface area (Å²) in [6.45, 7) is 6.11. The molecule has 3 aliphatic heterocycles. The highest BCUT2D eigenvalue weighted by atomic mass is 19.1. The minimum Gasteiger partial charge on any atom is -0.481 e. The van der Waals surface area contributed by atoms with Crippen molar-refractivity contribution in [2.75, 3.05) is 31.2 Å². The minimum atomic E-state index is -0.903. The lowest BCUT2D eigenvalue weighted by molar-refractivity contribution is -0.139. The fourth-order valence-electron chi connectivity index (χ4n) is 5.36. The number of anilines is 2. The summed E-state index contributed by atoms with van der Waals surface area (Å²) in [6.07, 6.45) is 2.85. The molecular weight excluding hydrogens is 427 g/mol. The van der Waals surface area contributed by atoms with Crippen molar-refractivity contribution in [1.82, 2.24) is 14.7 Å². The minimum absolute atomic E-state index is 0.0112. The van der Waals surface area contributed by atoms with Crippen LogP contribution in [0.1, 0.15) is 60.5 Å². The van der Waals surface area contributed by atoms with E-state index in [9.17, 15) is 19.1 Å². The van der Waals surface area contributed by atoms with Gasteiger partial charge in [0.15, 0.2) is 5.82 Å². The van der Waals surface area contributed by atoms with E-state index in [-0.39, 0.29) is 17.8 Å². The van der Waals surface area contributed by atoms with E-state index in [4.69, 9.17) is 9.84 Å². The molecule has 9 heteroatoms. The number of nitrogens with zero attached hydrogens (tertiary/aromatic N) is 4. The lowest BCUT2D eigenvalue weighted by atomic mass is 9.88. The molecule has 33 heavy (non-hydrogen) atoms. The topological polar surface area (TPSA) is 87.9 Å². The number of aryl methyl sites for hydroxylation is 1. The Morgan fingerprint density at radius 2 is 1.94 bits per heavy atom. The van der Waals surface area contributed by atoms with Crippen molar-refractivity contribution in [2.45, 2.75) is 58.0 Å². The van der Waals surface area contributed by atoms with Gasteiger partial charge in [-0.1, -0.05) is 6.07 Å². The number of hydrogen-bond donors (Lipinski definition) is 1. The van der Waals surface area contributed by atoms with Gasteiger partial charge in [-0.3, -0.25) is 14.3 Å². The van der Waals surface area contributed by atoms with E-state index >= 15 is 0 Å². The number of ether oxygens (including phenoxy) is 1. The van der Waals surface area contributed by atoms with Crippen LogP contribution in [0.15, 0.2) is 12.1 Å². The fraction of sp³-hybridized carbons (Fsp3) is 0.542. The summed E-state index contributed by atoms with van der Waals surface area (Å²) in [4.78, 5) is 27.8. The Kier molecular flexibility index (Phi) is 5.60. The Bertz CT molecular complexity index is 1110. The molecule has 0 radical (unpaired) electrons. The summed E-state index contributed by atoms with van der Waals surface area (Å²) in [7, 11) is 0. The van der Waals surface area contributed by atoms with Gasteiger partial charge in [-0.25, -0.2) is 4.39 Å². The second kappa shape index (κ2) is 8.44. The zero-order chi connectivity index (χ0) is 23.3. The maximum Gasteiger partial charge on any atom is 0.311 e. The number of halogens is 1. The molecule has 1 saturated heterocycles. The quantitative estimate of drug-likeness (QED) is 0.763. The maximum atomic E-state index is 14.7. The molecule has 1 aromatic heterocycles. The van der Waals surface area contributed by atoms with Gasteiger partial charge < -0.3 is 19.6 Å². The summed E-state index contributed by atoms with van der Waals surface area (Å²) in [6, 6.07) is 3.31. The fourth-order valence-corrected chi connectivity index (χ4v) is 5.36. The number of carboxylic acid groups (broad SMARTS) is 1. The first-order chi connectivity index (χ1) is 15.8. The molecule has 0 saturated carbocycles. The number of aromatic nitrogens is 2. The Balaban J connectivity index is 1.64. The number of aliphatic carboxylic acids is 1. The molecule has 2 aromatic rings. The number of carbonyl (C=O) groups excluding carboxylic acids is 1. The predicted octanol–water partition coefficient (Wildman–Crippen LogP) is 3.30. The Hall–Kier alpha value is -2.94. The molecule has 1 amide bonds. The van der Waals surface area contributed by atoms with E-state index in [1.165, 1.54) is 6.07 Å². The van der Waals surface area contributed by atoms with Crippen molar-refractivity contribution in [2.24, 2.45) is 0 Å². The number of carboxylic acids is 1. The summed E-state index contributed by atoms with van der Waals surface area (Å²) in [5.74, 6) is -1.24. The standard InChI is InChI=1S/C24H29FN4O4/c1-14-11-18-17(24(31)32)3-8-28(22(18)12-20(14)25)23-19-13-27(15(2)30)7-4-21(19)29(26-23)16-5-9-33-10-6-16/h11-12,16-17H,3-10,13H2,1-2H3,(H,31,32)/t17-/m1/s1. The van der Waals surface area contributed by atoms with E-state index < -0.39 is 11.9 Å². The van der Waals surface area contributed by atoms with Crippen LogP contribution in [0.4, 0.5) is 15.9 Å². The van der Waals surface area contributed by atoms with Gasteiger partial charge in [0.25, 0.3) is 0 Å². The van der Waals surface area contributed by atoms with Crippen molar-refractivity contribution >= 4 is 23.4 Å². The molecule has 176 valence electrons. The number of carbonyl (C=O) groups is 2. The zero-order valence-electron chi connectivity index (χ0n) is 19.0. The molecule has 0 bridgehead atoms. The van der Waals surface area contributed by atoms with Crippen LogP contribution in [-0.2, 0) is 27.3 Å². The molecule has 4 heterocycles. The largest absolute Gasteiger partial charge is 0.481 e. The third kappa shape index (κ3) is 3.78. The molecule has 0 spiro atoms. The first-order valence-corrected chi connectivity index (χ1v) is 11.6. The van der Waals surface area contributed by atoms with Gasteiger partial charge in [0.05, 0.1) is 18.5 Å². The second-order valence-electron chi connectivity index (χ2n) is 9.22.